The summed E-state index contributed by atoms with van der Waals surface area (Å²) in [5.74, 6) is -0.867. The summed E-state index contributed by atoms with van der Waals surface area (Å²) in [7, 11) is -2.30. The smallest absolute Gasteiger partial charge is 0.408 e. The number of alkyl carbamates (subject to hydrolysis) is 1. The van der Waals surface area contributed by atoms with Crippen LogP contribution in [-0.2, 0) is 29.1 Å². The molecule has 6 rings (SSSR count). The van der Waals surface area contributed by atoms with Crippen molar-refractivity contribution in [1.82, 2.24) is 25.2 Å². The molecule has 0 spiro atoms. The van der Waals surface area contributed by atoms with Crippen LogP contribution >= 0.6 is 0 Å². The van der Waals surface area contributed by atoms with Crippen molar-refractivity contribution in [2.45, 2.75) is 115 Å². The number of fused-ring (bicyclic) bond motifs is 1. The predicted molar refractivity (Wildman–Crippen MR) is 206 cm³/mol. The second kappa shape index (κ2) is 15.0. The van der Waals surface area contributed by atoms with Crippen molar-refractivity contribution in [3.63, 3.8) is 0 Å². The third-order valence-electron chi connectivity index (χ3n) is 10.2. The van der Waals surface area contributed by atoms with Gasteiger partial charge in [0.2, 0.25) is 21.8 Å². The van der Waals surface area contributed by atoms with Crippen molar-refractivity contribution in [3.8, 4) is 22.8 Å². The third kappa shape index (κ3) is 8.98. The SMILES string of the molecule is COc1ccc2c(O[C@@H]3C[C@@H](C(=O)NC4(C(=O)NS(=O)(=O)C5CC5)CCC4)N(C(=O)C(NC(=O)OC(C)(C)C)C(C)(C)C)C3)cc(-c3ccccc3)nc2c1. The minimum Gasteiger partial charge on any atom is -0.497 e. The first-order chi connectivity index (χ1) is 25.8. The Labute approximate surface area is 322 Å². The number of hydrogen-bond acceptors (Lipinski definition) is 10. The Morgan fingerprint density at radius 1 is 0.964 bits per heavy atom. The summed E-state index contributed by atoms with van der Waals surface area (Å²) in [6, 6.07) is 14.6. The van der Waals surface area contributed by atoms with Crippen molar-refractivity contribution in [3.05, 3.63) is 54.6 Å². The van der Waals surface area contributed by atoms with Crippen molar-refractivity contribution in [2.75, 3.05) is 13.7 Å². The van der Waals surface area contributed by atoms with Crippen LogP contribution in [0.15, 0.2) is 54.6 Å². The van der Waals surface area contributed by atoms with E-state index in [-0.39, 0.29) is 25.8 Å². The monoisotopic (exact) mass is 777 g/mol. The number of rotatable bonds is 11. The average molecular weight is 778 g/mol. The highest BCUT2D eigenvalue weighted by molar-refractivity contribution is 7.91. The molecule has 14 nitrogen and oxygen atoms in total. The lowest BCUT2D eigenvalue weighted by Crippen LogP contribution is -2.66. The van der Waals surface area contributed by atoms with Crippen LogP contribution in [0.1, 0.15) is 80.1 Å². The average Bonchev–Trinajstić information content (AvgIpc) is 3.88. The number of ether oxygens (including phenoxy) is 3. The Hall–Kier alpha value is -4.92. The summed E-state index contributed by atoms with van der Waals surface area (Å²) in [5, 5.41) is 5.64. The fourth-order valence-corrected chi connectivity index (χ4v) is 8.28. The highest BCUT2D eigenvalue weighted by atomic mass is 32.2. The maximum Gasteiger partial charge on any atom is 0.408 e. The first-order valence-corrected chi connectivity index (χ1v) is 20.2. The van der Waals surface area contributed by atoms with Gasteiger partial charge in [0, 0.05) is 29.5 Å². The quantitative estimate of drug-likeness (QED) is 0.244. The van der Waals surface area contributed by atoms with Crippen LogP contribution in [0.4, 0.5) is 4.79 Å². The summed E-state index contributed by atoms with van der Waals surface area (Å²) >= 11 is 0. The number of nitrogens with zero attached hydrogens (tertiary/aromatic N) is 2. The zero-order valence-corrected chi connectivity index (χ0v) is 33.2. The normalized spacial score (nSPS) is 20.2. The number of sulfonamides is 1. The maximum absolute atomic E-state index is 14.6. The van der Waals surface area contributed by atoms with Crippen LogP contribution in [-0.4, -0.2) is 90.3 Å². The van der Waals surface area contributed by atoms with Crippen LogP contribution in [0.5, 0.6) is 11.5 Å². The van der Waals surface area contributed by atoms with E-state index in [4.69, 9.17) is 19.2 Å². The minimum absolute atomic E-state index is 0.0323. The molecule has 55 heavy (non-hydrogen) atoms. The van der Waals surface area contributed by atoms with E-state index in [1.807, 2.05) is 42.5 Å². The van der Waals surface area contributed by atoms with Gasteiger partial charge in [0.15, 0.2) is 0 Å². The maximum atomic E-state index is 14.6. The summed E-state index contributed by atoms with van der Waals surface area (Å²) in [6.07, 6.45) is 0.577. The molecule has 3 aromatic rings. The lowest BCUT2D eigenvalue weighted by Gasteiger charge is -2.42. The molecule has 2 aromatic carbocycles. The zero-order chi connectivity index (χ0) is 39.9. The van der Waals surface area contributed by atoms with Gasteiger partial charge in [-0.05, 0) is 70.4 Å². The molecule has 3 atom stereocenters. The molecule has 2 saturated carbocycles. The van der Waals surface area contributed by atoms with Gasteiger partial charge in [0.1, 0.15) is 40.8 Å². The van der Waals surface area contributed by atoms with E-state index in [1.54, 1.807) is 60.8 Å². The Morgan fingerprint density at radius 3 is 2.24 bits per heavy atom. The van der Waals surface area contributed by atoms with Crippen molar-refractivity contribution >= 4 is 44.7 Å². The van der Waals surface area contributed by atoms with Gasteiger partial charge < -0.3 is 29.7 Å². The number of methoxy groups -OCH3 is 1. The van der Waals surface area contributed by atoms with Gasteiger partial charge >= 0.3 is 6.09 Å². The van der Waals surface area contributed by atoms with Crippen LogP contribution < -0.4 is 24.8 Å². The number of likely N-dealkylation sites (tertiary alicyclic amines) is 1. The predicted octanol–water partition coefficient (Wildman–Crippen LogP) is 4.85. The number of hydrogen-bond donors (Lipinski definition) is 3. The molecule has 2 heterocycles. The van der Waals surface area contributed by atoms with Crippen LogP contribution in [0.2, 0.25) is 0 Å². The second-order valence-corrected chi connectivity index (χ2v) is 18.7. The standard InChI is InChI=1S/C40H51N5O9S/c1-38(2,3)33(42-37(49)54-39(4,5)6)35(47)45-23-26(21-31(45)34(46)43-40(18-11-19-40)36(48)44-55(50,51)27-15-16-27)53-32-22-29(24-12-9-8-10-13-24)41-30-20-25(52-7)14-17-28(30)32/h8-10,12-14,17,20,22,26-27,31,33H,11,15-16,18-19,21,23H2,1-7H3,(H,42,49)(H,43,46)(H,44,48)/t26-,31+,33?/m1/s1. The molecular weight excluding hydrogens is 727 g/mol. The van der Waals surface area contributed by atoms with Gasteiger partial charge in [0.05, 0.1) is 30.1 Å². The number of amides is 4. The van der Waals surface area contributed by atoms with E-state index in [0.717, 1.165) is 5.56 Å². The highest BCUT2D eigenvalue weighted by Gasteiger charge is 2.52. The first kappa shape index (κ1) is 39.8. The molecule has 1 unspecified atom stereocenters. The molecule has 1 saturated heterocycles. The third-order valence-corrected chi connectivity index (χ3v) is 12.0. The molecule has 3 fully saturated rings. The fraction of sp³-hybridized carbons (Fsp3) is 0.525. The zero-order valence-electron chi connectivity index (χ0n) is 32.4. The summed E-state index contributed by atoms with van der Waals surface area (Å²) in [4.78, 5) is 61.7. The Balaban J connectivity index is 1.33. The van der Waals surface area contributed by atoms with Gasteiger partial charge in [-0.2, -0.15) is 0 Å². The number of pyridine rings is 1. The highest BCUT2D eigenvalue weighted by Crippen LogP contribution is 2.37. The number of carbonyl (C=O) groups is 4. The lowest BCUT2D eigenvalue weighted by molar-refractivity contribution is -0.144. The largest absolute Gasteiger partial charge is 0.497 e. The fourth-order valence-electron chi connectivity index (χ4n) is 6.90. The van der Waals surface area contributed by atoms with Crippen LogP contribution in [0, 0.1) is 5.41 Å². The number of carbonyl (C=O) groups excluding carboxylic acids is 4. The summed E-state index contributed by atoms with van der Waals surface area (Å²) in [6.45, 7) is 10.5. The molecule has 1 aliphatic heterocycles. The van der Waals surface area contributed by atoms with Gasteiger partial charge in [-0.25, -0.2) is 18.2 Å². The van der Waals surface area contributed by atoms with Gasteiger partial charge in [-0.15, -0.1) is 0 Å². The molecule has 15 heteroatoms. The lowest BCUT2D eigenvalue weighted by atomic mass is 9.76. The van der Waals surface area contributed by atoms with Gasteiger partial charge in [0.25, 0.3) is 5.91 Å². The summed E-state index contributed by atoms with van der Waals surface area (Å²) < 4.78 is 45.3. The van der Waals surface area contributed by atoms with Crippen LogP contribution in [0.3, 0.4) is 0 Å². The van der Waals surface area contributed by atoms with Crippen molar-refractivity contribution in [1.29, 1.82) is 0 Å². The number of nitrogens with one attached hydrogen (secondary N) is 3. The molecule has 3 N–H and O–H groups in total. The van der Waals surface area contributed by atoms with E-state index >= 15 is 0 Å². The topological polar surface area (TPSA) is 182 Å². The number of benzene rings is 2. The Morgan fingerprint density at radius 2 is 1.65 bits per heavy atom. The van der Waals surface area contributed by atoms with E-state index in [2.05, 4.69) is 15.4 Å². The molecule has 2 aliphatic carbocycles. The molecule has 1 aromatic heterocycles. The van der Waals surface area contributed by atoms with E-state index in [0.29, 0.717) is 47.4 Å². The number of aromatic nitrogens is 1. The minimum atomic E-state index is -3.87. The molecule has 3 aliphatic rings. The molecule has 0 bridgehead atoms. The van der Waals surface area contributed by atoms with E-state index in [1.165, 1.54) is 4.90 Å². The molecule has 0 radical (unpaired) electrons. The van der Waals surface area contributed by atoms with Gasteiger partial charge in [-0.3, -0.25) is 19.1 Å². The Bertz CT molecular complexity index is 2070. The Kier molecular flexibility index (Phi) is 10.8. The van der Waals surface area contributed by atoms with E-state index in [9.17, 15) is 27.6 Å². The molecule has 296 valence electrons. The molecule has 4 amide bonds. The molecular formula is C40H51N5O9S. The van der Waals surface area contributed by atoms with Crippen molar-refractivity contribution in [2.24, 2.45) is 5.41 Å². The summed E-state index contributed by atoms with van der Waals surface area (Å²) in [5.41, 5.74) is -0.979. The van der Waals surface area contributed by atoms with Crippen LogP contribution in [0.25, 0.3) is 22.2 Å². The first-order valence-electron chi connectivity index (χ1n) is 18.7. The van der Waals surface area contributed by atoms with Crippen molar-refractivity contribution < 1.29 is 41.8 Å². The second-order valence-electron chi connectivity index (χ2n) is 16.8. The van der Waals surface area contributed by atoms with Gasteiger partial charge in [-0.1, -0.05) is 51.1 Å². The van der Waals surface area contributed by atoms with E-state index < -0.39 is 73.8 Å².